The number of hydrogen-bond donors (Lipinski definition) is 1. The number of carbonyl (C=O) groups is 1. The lowest BCUT2D eigenvalue weighted by atomic mass is 9.76. The second-order valence-corrected chi connectivity index (χ2v) is 7.83. The van der Waals surface area contributed by atoms with Crippen molar-refractivity contribution in [1.82, 2.24) is 24.6 Å². The Kier molecular flexibility index (Phi) is 3.28. The first-order valence-corrected chi connectivity index (χ1v) is 8.40. The molecule has 0 aliphatic carbocycles. The van der Waals surface area contributed by atoms with E-state index in [2.05, 4.69) is 21.1 Å². The van der Waals surface area contributed by atoms with Gasteiger partial charge in [0.05, 0.1) is 5.69 Å². The Morgan fingerprint density at radius 1 is 1.28 bits per heavy atom. The Bertz CT molecular complexity index is 815. The van der Waals surface area contributed by atoms with E-state index in [0.29, 0.717) is 13.1 Å². The molecule has 132 valence electrons. The van der Waals surface area contributed by atoms with Gasteiger partial charge in [-0.1, -0.05) is 0 Å². The smallest absolute Gasteiger partial charge is 0.410 e. The van der Waals surface area contributed by atoms with Crippen LogP contribution in [0, 0.1) is 0 Å². The molecule has 2 aromatic rings. The maximum absolute atomic E-state index is 12.2. The van der Waals surface area contributed by atoms with Gasteiger partial charge < -0.3 is 15.4 Å². The Morgan fingerprint density at radius 2 is 1.96 bits per heavy atom. The number of ether oxygens (including phenoxy) is 1. The number of aromatic nitrogens is 4. The van der Waals surface area contributed by atoms with Crippen molar-refractivity contribution in [2.45, 2.75) is 44.8 Å². The average Bonchev–Trinajstić information content (AvgIpc) is 3.03. The molecule has 0 aromatic carbocycles. The van der Waals surface area contributed by atoms with Crippen LogP contribution in [-0.2, 0) is 16.7 Å². The lowest BCUT2D eigenvalue weighted by molar-refractivity contribution is -0.00969. The highest BCUT2D eigenvalue weighted by molar-refractivity contribution is 5.70. The molecule has 0 atom stereocenters. The molecule has 2 aromatic heterocycles. The van der Waals surface area contributed by atoms with Crippen LogP contribution in [-0.4, -0.2) is 49.4 Å². The zero-order chi connectivity index (χ0) is 17.8. The number of fused-ring (bicyclic) bond motifs is 2. The summed E-state index contributed by atoms with van der Waals surface area (Å²) in [6.45, 7) is 7.84. The maximum atomic E-state index is 12.2. The molecule has 4 rings (SSSR count). The average molecular weight is 342 g/mol. The number of aryl methyl sites for hydroxylation is 1. The van der Waals surface area contributed by atoms with Crippen LogP contribution in [0.1, 0.15) is 32.9 Å². The Morgan fingerprint density at radius 3 is 2.60 bits per heavy atom. The topological polar surface area (TPSA) is 99.2 Å². The van der Waals surface area contributed by atoms with E-state index in [9.17, 15) is 4.79 Å². The van der Waals surface area contributed by atoms with Crippen LogP contribution in [0.25, 0.3) is 11.3 Å². The molecule has 0 radical (unpaired) electrons. The van der Waals surface area contributed by atoms with Gasteiger partial charge in [-0.3, -0.25) is 4.68 Å². The molecule has 2 N–H and O–H groups in total. The van der Waals surface area contributed by atoms with Gasteiger partial charge in [0.25, 0.3) is 0 Å². The van der Waals surface area contributed by atoms with E-state index in [0.717, 1.165) is 24.2 Å². The van der Waals surface area contributed by atoms with Crippen molar-refractivity contribution in [2.75, 3.05) is 18.8 Å². The van der Waals surface area contributed by atoms with Crippen LogP contribution in [0.4, 0.5) is 10.7 Å². The van der Waals surface area contributed by atoms with Crippen LogP contribution in [0.5, 0.6) is 0 Å². The van der Waals surface area contributed by atoms with Gasteiger partial charge in [0.1, 0.15) is 5.60 Å². The summed E-state index contributed by atoms with van der Waals surface area (Å²) in [4.78, 5) is 22.0. The third kappa shape index (κ3) is 2.71. The highest BCUT2D eigenvalue weighted by atomic mass is 16.6. The molecular weight excluding hydrogens is 320 g/mol. The quantitative estimate of drug-likeness (QED) is 0.848. The fourth-order valence-corrected chi connectivity index (χ4v) is 3.53. The summed E-state index contributed by atoms with van der Waals surface area (Å²) in [5, 5.41) is 4.66. The number of nitrogens with two attached hydrogens (primary N) is 1. The summed E-state index contributed by atoms with van der Waals surface area (Å²) in [5.74, 6) is 0.249. The largest absolute Gasteiger partial charge is 0.444 e. The van der Waals surface area contributed by atoms with E-state index in [1.165, 1.54) is 5.69 Å². The molecule has 2 aliphatic rings. The molecule has 4 heterocycles. The molecule has 1 amide bonds. The monoisotopic (exact) mass is 342 g/mol. The van der Waals surface area contributed by atoms with Gasteiger partial charge in [-0.25, -0.2) is 14.8 Å². The van der Waals surface area contributed by atoms with Gasteiger partial charge in [-0.15, -0.1) is 0 Å². The normalized spacial score (nSPS) is 18.1. The molecule has 0 saturated carbocycles. The molecule has 0 unspecified atom stereocenters. The van der Waals surface area contributed by atoms with Crippen LogP contribution in [0.3, 0.4) is 0 Å². The molecule has 8 nitrogen and oxygen atoms in total. The molecule has 1 fully saturated rings. The van der Waals surface area contributed by atoms with E-state index in [4.69, 9.17) is 10.5 Å². The number of likely N-dealkylation sites (tertiary alicyclic amines) is 1. The SMILES string of the molecule is CC(C)(C)OC(=O)N1CC2(CCn3nc(-c4cnc(N)nc4)cc32)C1. The second-order valence-electron chi connectivity index (χ2n) is 7.83. The molecule has 0 bridgehead atoms. The van der Waals surface area contributed by atoms with Crippen molar-refractivity contribution < 1.29 is 9.53 Å². The standard InChI is InChI=1S/C17H22N6O2/c1-16(2,3)25-15(24)22-9-17(10-22)4-5-23-13(17)6-12(21-23)11-7-19-14(18)20-8-11/h6-8H,4-5,9-10H2,1-3H3,(H2,18,19,20). The van der Waals surface area contributed by atoms with Gasteiger partial charge in [0, 0.05) is 48.7 Å². The highest BCUT2D eigenvalue weighted by Gasteiger charge is 2.52. The summed E-state index contributed by atoms with van der Waals surface area (Å²) in [5.41, 5.74) is 7.90. The molecule has 2 aliphatic heterocycles. The number of nitrogens with zero attached hydrogens (tertiary/aromatic N) is 5. The number of carbonyl (C=O) groups excluding carboxylic acids is 1. The van der Waals surface area contributed by atoms with E-state index in [-0.39, 0.29) is 17.5 Å². The molecule has 25 heavy (non-hydrogen) atoms. The Labute approximate surface area is 146 Å². The third-order valence-corrected chi connectivity index (χ3v) is 4.73. The minimum Gasteiger partial charge on any atom is -0.444 e. The summed E-state index contributed by atoms with van der Waals surface area (Å²) in [6, 6.07) is 2.08. The fourth-order valence-electron chi connectivity index (χ4n) is 3.53. The summed E-state index contributed by atoms with van der Waals surface area (Å²) < 4.78 is 7.48. The first kappa shape index (κ1) is 15.9. The van der Waals surface area contributed by atoms with Crippen molar-refractivity contribution in [2.24, 2.45) is 0 Å². The van der Waals surface area contributed by atoms with E-state index < -0.39 is 5.60 Å². The summed E-state index contributed by atoms with van der Waals surface area (Å²) in [7, 11) is 0. The van der Waals surface area contributed by atoms with Crippen molar-refractivity contribution in [1.29, 1.82) is 0 Å². The van der Waals surface area contributed by atoms with E-state index >= 15 is 0 Å². The first-order chi connectivity index (χ1) is 11.8. The highest BCUT2D eigenvalue weighted by Crippen LogP contribution is 2.44. The number of amides is 1. The third-order valence-electron chi connectivity index (χ3n) is 4.73. The zero-order valence-corrected chi connectivity index (χ0v) is 14.7. The fraction of sp³-hybridized carbons (Fsp3) is 0.529. The Hall–Kier alpha value is -2.64. The van der Waals surface area contributed by atoms with Crippen LogP contribution >= 0.6 is 0 Å². The second kappa shape index (κ2) is 5.18. The first-order valence-electron chi connectivity index (χ1n) is 8.40. The van der Waals surface area contributed by atoms with Crippen molar-refractivity contribution in [3.8, 4) is 11.3 Å². The van der Waals surface area contributed by atoms with Crippen LogP contribution < -0.4 is 5.73 Å². The Balaban J connectivity index is 1.52. The molecular formula is C17H22N6O2. The van der Waals surface area contributed by atoms with Crippen LogP contribution in [0.15, 0.2) is 18.5 Å². The maximum Gasteiger partial charge on any atom is 0.410 e. The number of hydrogen-bond acceptors (Lipinski definition) is 6. The van der Waals surface area contributed by atoms with Gasteiger partial charge in [0.15, 0.2) is 0 Å². The lowest BCUT2D eigenvalue weighted by Crippen LogP contribution is -2.61. The molecule has 1 saturated heterocycles. The van der Waals surface area contributed by atoms with Gasteiger partial charge in [0.2, 0.25) is 5.95 Å². The summed E-state index contributed by atoms with van der Waals surface area (Å²) >= 11 is 0. The predicted molar refractivity (Wildman–Crippen MR) is 91.8 cm³/mol. The van der Waals surface area contributed by atoms with E-state index in [1.807, 2.05) is 25.5 Å². The van der Waals surface area contributed by atoms with Crippen molar-refractivity contribution in [3.05, 3.63) is 24.2 Å². The predicted octanol–water partition coefficient (Wildman–Crippen LogP) is 1.81. The zero-order valence-electron chi connectivity index (χ0n) is 14.7. The van der Waals surface area contributed by atoms with E-state index in [1.54, 1.807) is 17.3 Å². The number of rotatable bonds is 1. The van der Waals surface area contributed by atoms with Crippen LogP contribution in [0.2, 0.25) is 0 Å². The lowest BCUT2D eigenvalue weighted by Gasteiger charge is -2.47. The summed E-state index contributed by atoms with van der Waals surface area (Å²) in [6.07, 6.45) is 4.11. The van der Waals surface area contributed by atoms with Gasteiger partial charge in [-0.05, 0) is 33.3 Å². The minimum atomic E-state index is -0.473. The van der Waals surface area contributed by atoms with Crippen molar-refractivity contribution in [3.63, 3.8) is 0 Å². The van der Waals surface area contributed by atoms with Gasteiger partial charge in [-0.2, -0.15) is 5.10 Å². The molecule has 8 heteroatoms. The molecule has 1 spiro atoms. The number of anilines is 1. The van der Waals surface area contributed by atoms with Crippen molar-refractivity contribution >= 4 is 12.0 Å². The number of nitrogen functional groups attached to an aromatic ring is 1. The van der Waals surface area contributed by atoms with Gasteiger partial charge >= 0.3 is 6.09 Å². The minimum absolute atomic E-state index is 0.0170.